The number of nitrogens with one attached hydrogen (secondary N) is 1. The van der Waals surface area contributed by atoms with Crippen molar-refractivity contribution in [2.24, 2.45) is 0 Å². The maximum absolute atomic E-state index is 11.7. The Morgan fingerprint density at radius 2 is 2.16 bits per heavy atom. The van der Waals surface area contributed by atoms with Gasteiger partial charge < -0.3 is 15.2 Å². The van der Waals surface area contributed by atoms with Gasteiger partial charge in [0.2, 0.25) is 0 Å². The SMILES string of the molecule is O=C(O)c1cccc(CNCCOCC(F)(F)F)n1. The molecule has 0 aromatic carbocycles. The average Bonchev–Trinajstić information content (AvgIpc) is 2.32. The minimum Gasteiger partial charge on any atom is -0.477 e. The highest BCUT2D eigenvalue weighted by atomic mass is 19.4. The van der Waals surface area contributed by atoms with E-state index in [9.17, 15) is 18.0 Å². The largest absolute Gasteiger partial charge is 0.477 e. The fraction of sp³-hybridized carbons (Fsp3) is 0.455. The van der Waals surface area contributed by atoms with Gasteiger partial charge in [0.1, 0.15) is 12.3 Å². The Morgan fingerprint density at radius 1 is 1.42 bits per heavy atom. The molecule has 2 N–H and O–H groups in total. The van der Waals surface area contributed by atoms with Gasteiger partial charge in [0.25, 0.3) is 0 Å². The zero-order valence-corrected chi connectivity index (χ0v) is 9.91. The van der Waals surface area contributed by atoms with E-state index in [1.165, 1.54) is 6.07 Å². The molecule has 0 saturated carbocycles. The molecular formula is C11H13F3N2O3. The molecule has 0 aliphatic heterocycles. The van der Waals surface area contributed by atoms with Crippen LogP contribution in [0, 0.1) is 0 Å². The smallest absolute Gasteiger partial charge is 0.411 e. The predicted molar refractivity (Wildman–Crippen MR) is 59.8 cm³/mol. The highest BCUT2D eigenvalue weighted by molar-refractivity contribution is 5.85. The zero-order chi connectivity index (χ0) is 14.3. The van der Waals surface area contributed by atoms with Gasteiger partial charge in [-0.2, -0.15) is 13.2 Å². The molecule has 0 atom stereocenters. The molecule has 1 heterocycles. The number of alkyl halides is 3. The molecule has 0 aliphatic carbocycles. The lowest BCUT2D eigenvalue weighted by Crippen LogP contribution is -2.24. The molecule has 1 rings (SSSR count). The lowest BCUT2D eigenvalue weighted by atomic mass is 10.3. The van der Waals surface area contributed by atoms with E-state index in [0.717, 1.165) is 0 Å². The van der Waals surface area contributed by atoms with E-state index in [1.54, 1.807) is 12.1 Å². The van der Waals surface area contributed by atoms with E-state index in [1.807, 2.05) is 0 Å². The van der Waals surface area contributed by atoms with Crippen LogP contribution in [0.4, 0.5) is 13.2 Å². The van der Waals surface area contributed by atoms with Gasteiger partial charge in [-0.15, -0.1) is 0 Å². The third-order valence-corrected chi connectivity index (χ3v) is 2.02. The van der Waals surface area contributed by atoms with E-state index >= 15 is 0 Å². The first-order chi connectivity index (χ1) is 8.88. The number of pyridine rings is 1. The highest BCUT2D eigenvalue weighted by Crippen LogP contribution is 2.13. The van der Waals surface area contributed by atoms with E-state index in [0.29, 0.717) is 5.69 Å². The summed E-state index contributed by atoms with van der Waals surface area (Å²) in [5.74, 6) is -1.13. The van der Waals surface area contributed by atoms with Gasteiger partial charge in [-0.1, -0.05) is 6.07 Å². The monoisotopic (exact) mass is 278 g/mol. The number of carboxylic acids is 1. The number of hydrogen-bond donors (Lipinski definition) is 2. The quantitative estimate of drug-likeness (QED) is 0.739. The number of aromatic nitrogens is 1. The van der Waals surface area contributed by atoms with Crippen molar-refractivity contribution in [3.05, 3.63) is 29.6 Å². The zero-order valence-electron chi connectivity index (χ0n) is 9.91. The van der Waals surface area contributed by atoms with Crippen LogP contribution in [-0.2, 0) is 11.3 Å². The first-order valence-corrected chi connectivity index (χ1v) is 5.43. The predicted octanol–water partition coefficient (Wildman–Crippen LogP) is 1.45. The standard InChI is InChI=1S/C11H13F3N2O3/c12-11(13,14)7-19-5-4-15-6-8-2-1-3-9(16-8)10(17)18/h1-3,15H,4-7H2,(H,17,18). The molecule has 0 unspecified atom stereocenters. The molecule has 0 amide bonds. The van der Waals surface area contributed by atoms with Crippen molar-refractivity contribution in [1.29, 1.82) is 0 Å². The van der Waals surface area contributed by atoms with Crippen LogP contribution in [0.1, 0.15) is 16.2 Å². The van der Waals surface area contributed by atoms with Crippen LogP contribution in [0.3, 0.4) is 0 Å². The van der Waals surface area contributed by atoms with Crippen molar-refractivity contribution in [2.45, 2.75) is 12.7 Å². The average molecular weight is 278 g/mol. The minimum absolute atomic E-state index is 0.0763. The van der Waals surface area contributed by atoms with E-state index < -0.39 is 18.8 Å². The highest BCUT2D eigenvalue weighted by Gasteiger charge is 2.27. The molecular weight excluding hydrogens is 265 g/mol. The molecule has 0 bridgehead atoms. The summed E-state index contributed by atoms with van der Waals surface area (Å²) in [6.45, 7) is -0.884. The number of ether oxygens (including phenoxy) is 1. The maximum atomic E-state index is 11.7. The van der Waals surface area contributed by atoms with E-state index in [4.69, 9.17) is 5.11 Å². The Bertz CT molecular complexity index is 424. The summed E-state index contributed by atoms with van der Waals surface area (Å²) >= 11 is 0. The van der Waals surface area contributed by atoms with Crippen LogP contribution in [-0.4, -0.2) is 42.0 Å². The van der Waals surface area contributed by atoms with Crippen LogP contribution in [0.15, 0.2) is 18.2 Å². The first kappa shape index (κ1) is 15.4. The first-order valence-electron chi connectivity index (χ1n) is 5.43. The molecule has 5 nitrogen and oxygen atoms in total. The number of carbonyl (C=O) groups is 1. The second-order valence-corrected chi connectivity index (χ2v) is 3.66. The van der Waals surface area contributed by atoms with Crippen molar-refractivity contribution >= 4 is 5.97 Å². The lowest BCUT2D eigenvalue weighted by molar-refractivity contribution is -0.173. The summed E-state index contributed by atoms with van der Waals surface area (Å²) in [7, 11) is 0. The Balaban J connectivity index is 2.23. The van der Waals surface area contributed by atoms with Gasteiger partial charge >= 0.3 is 12.1 Å². The second kappa shape index (κ2) is 7.05. The van der Waals surface area contributed by atoms with Crippen LogP contribution in [0.25, 0.3) is 0 Å². The fourth-order valence-electron chi connectivity index (χ4n) is 1.25. The Hall–Kier alpha value is -1.67. The van der Waals surface area contributed by atoms with Gasteiger partial charge in [0.15, 0.2) is 0 Å². The van der Waals surface area contributed by atoms with E-state index in [-0.39, 0.29) is 25.4 Å². The Kier molecular flexibility index (Phi) is 5.71. The molecule has 19 heavy (non-hydrogen) atoms. The van der Waals surface area contributed by atoms with Gasteiger partial charge in [0.05, 0.1) is 12.3 Å². The summed E-state index contributed by atoms with van der Waals surface area (Å²) in [6, 6.07) is 4.53. The molecule has 8 heteroatoms. The number of aromatic carboxylic acids is 1. The Labute approximate surface area is 107 Å². The minimum atomic E-state index is -4.32. The summed E-state index contributed by atoms with van der Waals surface area (Å²) in [5.41, 5.74) is 0.420. The second-order valence-electron chi connectivity index (χ2n) is 3.66. The summed E-state index contributed by atoms with van der Waals surface area (Å²) in [6.07, 6.45) is -4.32. The molecule has 106 valence electrons. The summed E-state index contributed by atoms with van der Waals surface area (Å²) < 4.78 is 39.6. The summed E-state index contributed by atoms with van der Waals surface area (Å²) in [4.78, 5) is 14.5. The molecule has 1 aromatic heterocycles. The number of rotatable bonds is 7. The molecule has 1 aromatic rings. The number of hydrogen-bond acceptors (Lipinski definition) is 4. The molecule has 0 fully saturated rings. The van der Waals surface area contributed by atoms with Crippen molar-refractivity contribution < 1.29 is 27.8 Å². The van der Waals surface area contributed by atoms with Crippen molar-refractivity contribution in [1.82, 2.24) is 10.3 Å². The summed E-state index contributed by atoms with van der Waals surface area (Å²) in [5, 5.41) is 11.5. The normalized spacial score (nSPS) is 11.5. The van der Waals surface area contributed by atoms with Gasteiger partial charge in [-0.05, 0) is 12.1 Å². The van der Waals surface area contributed by atoms with Crippen molar-refractivity contribution in [3.8, 4) is 0 Å². The topological polar surface area (TPSA) is 71.5 Å². The maximum Gasteiger partial charge on any atom is 0.411 e. The fourth-order valence-corrected chi connectivity index (χ4v) is 1.25. The third-order valence-electron chi connectivity index (χ3n) is 2.02. The third kappa shape index (κ3) is 6.73. The van der Waals surface area contributed by atoms with E-state index in [2.05, 4.69) is 15.0 Å². The van der Waals surface area contributed by atoms with Crippen LogP contribution in [0.5, 0.6) is 0 Å². The van der Waals surface area contributed by atoms with Gasteiger partial charge in [-0.25, -0.2) is 9.78 Å². The number of halogens is 3. The van der Waals surface area contributed by atoms with Crippen molar-refractivity contribution in [2.75, 3.05) is 19.8 Å². The van der Waals surface area contributed by atoms with Gasteiger partial charge in [-0.3, -0.25) is 0 Å². The Morgan fingerprint density at radius 3 is 2.79 bits per heavy atom. The molecule has 0 radical (unpaired) electrons. The van der Waals surface area contributed by atoms with Crippen LogP contribution >= 0.6 is 0 Å². The number of nitrogens with zero attached hydrogens (tertiary/aromatic N) is 1. The van der Waals surface area contributed by atoms with Crippen LogP contribution < -0.4 is 5.32 Å². The molecule has 0 saturated heterocycles. The van der Waals surface area contributed by atoms with Gasteiger partial charge in [0, 0.05) is 13.1 Å². The number of carboxylic acid groups (broad SMARTS) is 1. The van der Waals surface area contributed by atoms with Crippen molar-refractivity contribution in [3.63, 3.8) is 0 Å². The molecule has 0 spiro atoms. The molecule has 0 aliphatic rings. The van der Waals surface area contributed by atoms with Crippen LogP contribution in [0.2, 0.25) is 0 Å². The lowest BCUT2D eigenvalue weighted by Gasteiger charge is -2.08.